The van der Waals surface area contributed by atoms with Crippen molar-refractivity contribution in [3.05, 3.63) is 35.8 Å². The lowest BCUT2D eigenvalue weighted by Gasteiger charge is -2.01. The number of H-pyrrole nitrogens is 1. The van der Waals surface area contributed by atoms with Gasteiger partial charge in [-0.25, -0.2) is 0 Å². The number of aromatic amines is 1. The lowest BCUT2D eigenvalue weighted by molar-refractivity contribution is 0.0945. The van der Waals surface area contributed by atoms with Gasteiger partial charge >= 0.3 is 0 Å². The van der Waals surface area contributed by atoms with Crippen molar-refractivity contribution in [2.45, 2.75) is 6.54 Å². The SMILES string of the molecule is Nc1ccc(C(=O)NCc2cn[nH]c2)nn1. The lowest BCUT2D eigenvalue weighted by atomic mass is 10.3. The monoisotopic (exact) mass is 218 g/mol. The Bertz CT molecular complexity index is 463. The number of nitrogens with two attached hydrogens (primary N) is 1. The Kier molecular flexibility index (Phi) is 2.77. The molecular formula is C9H10N6O. The molecule has 0 unspecified atom stereocenters. The number of nitrogen functional groups attached to an aromatic ring is 1. The second kappa shape index (κ2) is 4.39. The van der Waals surface area contributed by atoms with Crippen LogP contribution in [-0.2, 0) is 6.54 Å². The summed E-state index contributed by atoms with van der Waals surface area (Å²) in [6.07, 6.45) is 3.34. The van der Waals surface area contributed by atoms with Crippen molar-refractivity contribution in [3.63, 3.8) is 0 Å². The van der Waals surface area contributed by atoms with Gasteiger partial charge in [0.15, 0.2) is 5.69 Å². The normalized spacial score (nSPS) is 10.0. The highest BCUT2D eigenvalue weighted by Crippen LogP contribution is 1.98. The summed E-state index contributed by atoms with van der Waals surface area (Å²) in [6, 6.07) is 3.05. The third-order valence-corrected chi connectivity index (χ3v) is 1.93. The van der Waals surface area contributed by atoms with Crippen LogP contribution < -0.4 is 11.1 Å². The van der Waals surface area contributed by atoms with Crippen LogP contribution in [0.5, 0.6) is 0 Å². The highest BCUT2D eigenvalue weighted by molar-refractivity contribution is 5.92. The first kappa shape index (κ1) is 10.1. The van der Waals surface area contributed by atoms with Gasteiger partial charge < -0.3 is 11.1 Å². The van der Waals surface area contributed by atoms with Crippen LogP contribution >= 0.6 is 0 Å². The number of hydrogen-bond acceptors (Lipinski definition) is 5. The number of aromatic nitrogens is 4. The molecule has 7 nitrogen and oxygen atoms in total. The van der Waals surface area contributed by atoms with Crippen molar-refractivity contribution < 1.29 is 4.79 Å². The van der Waals surface area contributed by atoms with E-state index in [2.05, 4.69) is 25.7 Å². The van der Waals surface area contributed by atoms with E-state index in [1.807, 2.05) is 0 Å². The van der Waals surface area contributed by atoms with Crippen molar-refractivity contribution >= 4 is 11.7 Å². The van der Waals surface area contributed by atoms with Crippen LogP contribution in [-0.4, -0.2) is 26.3 Å². The van der Waals surface area contributed by atoms with E-state index in [0.29, 0.717) is 6.54 Å². The van der Waals surface area contributed by atoms with Gasteiger partial charge in [-0.2, -0.15) is 5.10 Å². The molecule has 1 amide bonds. The molecule has 2 rings (SSSR count). The van der Waals surface area contributed by atoms with E-state index in [1.54, 1.807) is 12.4 Å². The minimum atomic E-state index is -0.297. The van der Waals surface area contributed by atoms with Crippen LogP contribution in [0.25, 0.3) is 0 Å². The summed E-state index contributed by atoms with van der Waals surface area (Å²) in [5, 5.41) is 16.4. The third-order valence-electron chi connectivity index (χ3n) is 1.93. The molecule has 0 aliphatic carbocycles. The molecule has 4 N–H and O–H groups in total. The van der Waals surface area contributed by atoms with Crippen molar-refractivity contribution in [2.75, 3.05) is 5.73 Å². The fourth-order valence-corrected chi connectivity index (χ4v) is 1.11. The quantitative estimate of drug-likeness (QED) is 0.655. The Morgan fingerprint density at radius 2 is 2.31 bits per heavy atom. The van der Waals surface area contributed by atoms with Crippen molar-refractivity contribution in [3.8, 4) is 0 Å². The topological polar surface area (TPSA) is 110 Å². The Morgan fingerprint density at radius 3 is 2.94 bits per heavy atom. The molecule has 0 atom stereocenters. The first-order valence-corrected chi connectivity index (χ1v) is 4.61. The number of carbonyl (C=O) groups excluding carboxylic acids is 1. The van der Waals surface area contributed by atoms with Gasteiger partial charge in [0.2, 0.25) is 0 Å². The van der Waals surface area contributed by atoms with Crippen molar-refractivity contribution in [1.29, 1.82) is 0 Å². The number of rotatable bonds is 3. The van der Waals surface area contributed by atoms with Crippen LogP contribution in [0.15, 0.2) is 24.5 Å². The van der Waals surface area contributed by atoms with Crippen molar-refractivity contribution in [2.24, 2.45) is 0 Å². The molecule has 2 aromatic rings. The van der Waals surface area contributed by atoms with Crippen LogP contribution in [0, 0.1) is 0 Å². The molecule has 0 spiro atoms. The summed E-state index contributed by atoms with van der Waals surface area (Å²) in [6.45, 7) is 0.390. The van der Waals surface area contributed by atoms with Crippen LogP contribution in [0.1, 0.15) is 16.1 Å². The second-order valence-corrected chi connectivity index (χ2v) is 3.13. The first-order chi connectivity index (χ1) is 7.75. The van der Waals surface area contributed by atoms with E-state index in [-0.39, 0.29) is 17.4 Å². The average molecular weight is 218 g/mol. The zero-order valence-corrected chi connectivity index (χ0v) is 8.34. The smallest absolute Gasteiger partial charge is 0.272 e. The highest BCUT2D eigenvalue weighted by atomic mass is 16.1. The molecule has 7 heteroatoms. The molecule has 82 valence electrons. The van der Waals surface area contributed by atoms with Crippen LogP contribution in [0.3, 0.4) is 0 Å². The Hall–Kier alpha value is -2.44. The van der Waals surface area contributed by atoms with E-state index < -0.39 is 0 Å². The van der Waals surface area contributed by atoms with E-state index in [4.69, 9.17) is 5.73 Å². The van der Waals surface area contributed by atoms with Crippen LogP contribution in [0.2, 0.25) is 0 Å². The summed E-state index contributed by atoms with van der Waals surface area (Å²) >= 11 is 0. The summed E-state index contributed by atoms with van der Waals surface area (Å²) in [5.41, 5.74) is 6.48. The predicted octanol–water partition coefficient (Wildman–Crippen LogP) is -0.288. The Labute approximate surface area is 91.1 Å². The predicted molar refractivity (Wildman–Crippen MR) is 56.2 cm³/mol. The number of carbonyl (C=O) groups is 1. The molecule has 0 aliphatic rings. The van der Waals surface area contributed by atoms with Gasteiger partial charge in [0.1, 0.15) is 5.82 Å². The number of nitrogens with zero attached hydrogens (tertiary/aromatic N) is 3. The fraction of sp³-hybridized carbons (Fsp3) is 0.111. The summed E-state index contributed by atoms with van der Waals surface area (Å²) in [5.74, 6) is -0.0138. The largest absolute Gasteiger partial charge is 0.382 e. The molecule has 2 aromatic heterocycles. The van der Waals surface area contributed by atoms with Gasteiger partial charge in [-0.05, 0) is 12.1 Å². The molecule has 2 heterocycles. The van der Waals surface area contributed by atoms with E-state index in [1.165, 1.54) is 12.1 Å². The van der Waals surface area contributed by atoms with Gasteiger partial charge in [0, 0.05) is 18.3 Å². The van der Waals surface area contributed by atoms with E-state index >= 15 is 0 Å². The highest BCUT2D eigenvalue weighted by Gasteiger charge is 2.07. The van der Waals surface area contributed by atoms with Gasteiger partial charge in [0.25, 0.3) is 5.91 Å². The van der Waals surface area contributed by atoms with Gasteiger partial charge in [-0.1, -0.05) is 0 Å². The summed E-state index contributed by atoms with van der Waals surface area (Å²) in [7, 11) is 0. The first-order valence-electron chi connectivity index (χ1n) is 4.61. The van der Waals surface area contributed by atoms with Crippen molar-refractivity contribution in [1.82, 2.24) is 25.7 Å². The maximum atomic E-state index is 11.6. The number of nitrogens with one attached hydrogen (secondary N) is 2. The molecule has 0 radical (unpaired) electrons. The molecule has 0 aliphatic heterocycles. The zero-order valence-electron chi connectivity index (χ0n) is 8.34. The number of anilines is 1. The minimum absolute atomic E-state index is 0.234. The van der Waals surface area contributed by atoms with E-state index in [0.717, 1.165) is 5.56 Å². The zero-order chi connectivity index (χ0) is 11.4. The lowest BCUT2D eigenvalue weighted by Crippen LogP contribution is -2.24. The fourth-order valence-electron chi connectivity index (χ4n) is 1.11. The summed E-state index contributed by atoms with van der Waals surface area (Å²) < 4.78 is 0. The standard InChI is InChI=1S/C9H10N6O/c10-8-2-1-7(14-15-8)9(16)11-3-6-4-12-13-5-6/h1-2,4-5H,3H2,(H2,10,15)(H,11,16)(H,12,13). The Balaban J connectivity index is 1.95. The maximum Gasteiger partial charge on any atom is 0.272 e. The summed E-state index contributed by atoms with van der Waals surface area (Å²) in [4.78, 5) is 11.6. The molecule has 0 bridgehead atoms. The molecule has 16 heavy (non-hydrogen) atoms. The molecule has 0 saturated heterocycles. The maximum absolute atomic E-state index is 11.6. The molecular weight excluding hydrogens is 208 g/mol. The van der Waals surface area contributed by atoms with Gasteiger partial charge in [-0.15, -0.1) is 10.2 Å². The average Bonchev–Trinajstić information content (AvgIpc) is 2.80. The van der Waals surface area contributed by atoms with E-state index in [9.17, 15) is 4.79 Å². The number of amides is 1. The molecule has 0 aromatic carbocycles. The second-order valence-electron chi connectivity index (χ2n) is 3.13. The molecule has 0 fully saturated rings. The molecule has 0 saturated carbocycles. The van der Waals surface area contributed by atoms with Gasteiger partial charge in [0.05, 0.1) is 6.20 Å². The Morgan fingerprint density at radius 1 is 1.44 bits per heavy atom. The van der Waals surface area contributed by atoms with Crippen LogP contribution in [0.4, 0.5) is 5.82 Å². The third kappa shape index (κ3) is 2.32. The van der Waals surface area contributed by atoms with Gasteiger partial charge in [-0.3, -0.25) is 9.89 Å². The minimum Gasteiger partial charge on any atom is -0.382 e. The number of hydrogen-bond donors (Lipinski definition) is 3.